The first kappa shape index (κ1) is 9.68. The summed E-state index contributed by atoms with van der Waals surface area (Å²) in [6.45, 7) is 1.19. The Balaban J connectivity index is 1.94. The van der Waals surface area contributed by atoms with Crippen LogP contribution in [-0.4, -0.2) is 12.6 Å². The lowest BCUT2D eigenvalue weighted by atomic mass is 9.92. The fourth-order valence-electron chi connectivity index (χ4n) is 3.11. The van der Waals surface area contributed by atoms with Gasteiger partial charge in [-0.2, -0.15) is 0 Å². The molecule has 1 N–H and O–H groups in total. The summed E-state index contributed by atoms with van der Waals surface area (Å²) >= 11 is 6.22. The molecule has 1 heterocycles. The zero-order chi connectivity index (χ0) is 10.3. The lowest BCUT2D eigenvalue weighted by molar-refractivity contribution is 0.486. The van der Waals surface area contributed by atoms with Crippen LogP contribution in [0.4, 0.5) is 0 Å². The van der Waals surface area contributed by atoms with Gasteiger partial charge in [0, 0.05) is 11.1 Å². The Morgan fingerprint density at radius 3 is 3.00 bits per heavy atom. The monoisotopic (exact) mass is 221 g/mol. The third-order valence-corrected chi connectivity index (χ3v) is 4.20. The molecule has 3 rings (SSSR count). The van der Waals surface area contributed by atoms with Gasteiger partial charge in [-0.15, -0.1) is 0 Å². The third kappa shape index (κ3) is 1.58. The zero-order valence-electron chi connectivity index (χ0n) is 8.80. The minimum atomic E-state index is 0.699. The van der Waals surface area contributed by atoms with Crippen LogP contribution in [0.1, 0.15) is 36.3 Å². The molecule has 0 amide bonds. The summed E-state index contributed by atoms with van der Waals surface area (Å²) in [4.78, 5) is 0. The van der Waals surface area contributed by atoms with Crippen molar-refractivity contribution in [3.05, 3.63) is 34.3 Å². The minimum Gasteiger partial charge on any atom is -0.313 e. The summed E-state index contributed by atoms with van der Waals surface area (Å²) in [6.07, 6.45) is 5.10. The molecule has 1 saturated heterocycles. The number of rotatable bonds is 1. The Kier molecular flexibility index (Phi) is 2.45. The van der Waals surface area contributed by atoms with E-state index in [1.165, 1.54) is 36.9 Å². The van der Waals surface area contributed by atoms with Crippen molar-refractivity contribution >= 4 is 11.6 Å². The van der Waals surface area contributed by atoms with E-state index >= 15 is 0 Å². The molecule has 1 fully saturated rings. The highest BCUT2D eigenvalue weighted by molar-refractivity contribution is 6.31. The van der Waals surface area contributed by atoms with E-state index in [1.807, 2.05) is 6.07 Å². The van der Waals surface area contributed by atoms with Gasteiger partial charge in [-0.05, 0) is 55.3 Å². The normalized spacial score (nSPS) is 29.4. The summed E-state index contributed by atoms with van der Waals surface area (Å²) in [5.41, 5.74) is 2.90. The van der Waals surface area contributed by atoms with Gasteiger partial charge in [0.15, 0.2) is 0 Å². The van der Waals surface area contributed by atoms with Crippen molar-refractivity contribution in [3.63, 3.8) is 0 Å². The first-order chi connectivity index (χ1) is 7.36. The summed E-state index contributed by atoms with van der Waals surface area (Å²) in [7, 11) is 0. The summed E-state index contributed by atoms with van der Waals surface area (Å²) in [5, 5.41) is 4.58. The molecule has 15 heavy (non-hydrogen) atoms. The fraction of sp³-hybridized carbons (Fsp3) is 0.538. The van der Waals surface area contributed by atoms with Crippen molar-refractivity contribution < 1.29 is 0 Å². The van der Waals surface area contributed by atoms with E-state index in [4.69, 9.17) is 11.6 Å². The first-order valence-corrected chi connectivity index (χ1v) is 6.25. The van der Waals surface area contributed by atoms with Crippen molar-refractivity contribution in [1.82, 2.24) is 5.32 Å². The van der Waals surface area contributed by atoms with Crippen molar-refractivity contribution in [2.24, 2.45) is 0 Å². The molecule has 0 spiro atoms. The van der Waals surface area contributed by atoms with Gasteiger partial charge >= 0.3 is 0 Å². The molecule has 2 atom stereocenters. The molecular formula is C13H16ClN. The molecule has 0 bridgehead atoms. The van der Waals surface area contributed by atoms with Crippen LogP contribution in [0.15, 0.2) is 18.2 Å². The Morgan fingerprint density at radius 2 is 2.20 bits per heavy atom. The molecule has 2 heteroatoms. The minimum absolute atomic E-state index is 0.699. The summed E-state index contributed by atoms with van der Waals surface area (Å²) in [6, 6.07) is 7.07. The quantitative estimate of drug-likeness (QED) is 0.769. The van der Waals surface area contributed by atoms with Crippen molar-refractivity contribution in [2.75, 3.05) is 6.54 Å². The number of halogens is 1. The van der Waals surface area contributed by atoms with Crippen LogP contribution >= 0.6 is 11.6 Å². The average molecular weight is 222 g/mol. The molecule has 1 aromatic carbocycles. The van der Waals surface area contributed by atoms with Crippen molar-refractivity contribution in [1.29, 1.82) is 0 Å². The topological polar surface area (TPSA) is 12.0 Å². The Morgan fingerprint density at radius 1 is 1.27 bits per heavy atom. The highest BCUT2D eigenvalue weighted by atomic mass is 35.5. The lowest BCUT2D eigenvalue weighted by Gasteiger charge is -2.19. The van der Waals surface area contributed by atoms with Gasteiger partial charge < -0.3 is 5.32 Å². The molecule has 0 saturated carbocycles. The number of nitrogens with one attached hydrogen (secondary N) is 1. The highest BCUT2D eigenvalue weighted by Gasteiger charge is 2.31. The maximum Gasteiger partial charge on any atom is 0.0440 e. The van der Waals surface area contributed by atoms with Gasteiger partial charge in [-0.1, -0.05) is 23.7 Å². The third-order valence-electron chi connectivity index (χ3n) is 3.84. The Hall–Kier alpha value is -0.530. The van der Waals surface area contributed by atoms with E-state index in [0.717, 1.165) is 11.4 Å². The summed E-state index contributed by atoms with van der Waals surface area (Å²) in [5.74, 6) is 0.709. The molecule has 0 aromatic heterocycles. The van der Waals surface area contributed by atoms with Gasteiger partial charge in [-0.25, -0.2) is 0 Å². The van der Waals surface area contributed by atoms with Crippen molar-refractivity contribution in [3.8, 4) is 0 Å². The molecule has 80 valence electrons. The predicted molar refractivity (Wildman–Crippen MR) is 63.5 cm³/mol. The van der Waals surface area contributed by atoms with Gasteiger partial charge in [0.25, 0.3) is 0 Å². The molecule has 0 radical (unpaired) electrons. The van der Waals surface area contributed by atoms with Crippen LogP contribution in [0, 0.1) is 0 Å². The molecule has 1 aliphatic heterocycles. The van der Waals surface area contributed by atoms with Gasteiger partial charge in [-0.3, -0.25) is 0 Å². The maximum atomic E-state index is 6.22. The molecule has 1 aliphatic carbocycles. The van der Waals surface area contributed by atoms with Crippen LogP contribution < -0.4 is 5.32 Å². The lowest BCUT2D eigenvalue weighted by Crippen LogP contribution is -2.27. The second kappa shape index (κ2) is 3.80. The van der Waals surface area contributed by atoms with E-state index in [0.29, 0.717) is 12.0 Å². The van der Waals surface area contributed by atoms with Gasteiger partial charge in [0.05, 0.1) is 0 Å². The number of hydrogen-bond acceptors (Lipinski definition) is 1. The molecule has 2 aliphatic rings. The number of benzene rings is 1. The number of fused-ring (bicyclic) bond motifs is 1. The van der Waals surface area contributed by atoms with Gasteiger partial charge in [0.1, 0.15) is 0 Å². The van der Waals surface area contributed by atoms with Crippen LogP contribution in [0.2, 0.25) is 5.02 Å². The predicted octanol–water partition coefficient (Wildman–Crippen LogP) is 3.12. The molecule has 2 unspecified atom stereocenters. The molecule has 1 nitrogen and oxygen atoms in total. The average Bonchev–Trinajstić information content (AvgIpc) is 2.85. The first-order valence-electron chi connectivity index (χ1n) is 5.87. The SMILES string of the molecule is Clc1cccc2c1CCC2C1CCCN1. The van der Waals surface area contributed by atoms with E-state index < -0.39 is 0 Å². The van der Waals surface area contributed by atoms with Crippen LogP contribution in [-0.2, 0) is 6.42 Å². The van der Waals surface area contributed by atoms with E-state index in [-0.39, 0.29) is 0 Å². The fourth-order valence-corrected chi connectivity index (χ4v) is 3.39. The molecule has 1 aromatic rings. The second-order valence-corrected chi connectivity index (χ2v) is 5.06. The maximum absolute atomic E-state index is 6.22. The Bertz CT molecular complexity index is 369. The van der Waals surface area contributed by atoms with Crippen molar-refractivity contribution in [2.45, 2.75) is 37.6 Å². The zero-order valence-corrected chi connectivity index (χ0v) is 9.56. The standard InChI is InChI=1S/C13H16ClN/c14-12-4-1-3-9-10(12)6-7-11(9)13-5-2-8-15-13/h1,3-4,11,13,15H,2,5-8H2. The van der Waals surface area contributed by atoms with E-state index in [1.54, 1.807) is 0 Å². The van der Waals surface area contributed by atoms with Crippen LogP contribution in [0.5, 0.6) is 0 Å². The Labute approximate surface area is 95.8 Å². The van der Waals surface area contributed by atoms with E-state index in [9.17, 15) is 0 Å². The second-order valence-electron chi connectivity index (χ2n) is 4.66. The largest absolute Gasteiger partial charge is 0.313 e. The van der Waals surface area contributed by atoms with E-state index in [2.05, 4.69) is 17.4 Å². The highest BCUT2D eigenvalue weighted by Crippen LogP contribution is 2.40. The van der Waals surface area contributed by atoms with Crippen LogP contribution in [0.3, 0.4) is 0 Å². The smallest absolute Gasteiger partial charge is 0.0440 e. The number of hydrogen-bond donors (Lipinski definition) is 1. The van der Waals surface area contributed by atoms with Gasteiger partial charge in [0.2, 0.25) is 0 Å². The van der Waals surface area contributed by atoms with Crippen LogP contribution in [0.25, 0.3) is 0 Å². The molecular weight excluding hydrogens is 206 g/mol. The summed E-state index contributed by atoms with van der Waals surface area (Å²) < 4.78 is 0.